The van der Waals surface area contributed by atoms with Crippen molar-refractivity contribution in [1.82, 2.24) is 4.90 Å². The van der Waals surface area contributed by atoms with E-state index >= 15 is 0 Å². The van der Waals surface area contributed by atoms with Crippen molar-refractivity contribution in [3.63, 3.8) is 0 Å². The van der Waals surface area contributed by atoms with E-state index < -0.39 is 27.4 Å². The minimum Gasteiger partial charge on any atom is -0.466 e. The van der Waals surface area contributed by atoms with Gasteiger partial charge in [-0.15, -0.1) is 18.3 Å². The van der Waals surface area contributed by atoms with Gasteiger partial charge >= 0.3 is 5.97 Å². The van der Waals surface area contributed by atoms with Gasteiger partial charge in [0.2, 0.25) is 5.91 Å². The van der Waals surface area contributed by atoms with Crippen LogP contribution in [0.1, 0.15) is 50.7 Å². The maximum absolute atomic E-state index is 14.5. The molecule has 1 spiro atoms. The summed E-state index contributed by atoms with van der Waals surface area (Å²) in [6.45, 7) is 12.7. The molecular weight excluding hydrogens is 476 g/mol. The number of carbonyl (C=O) groups excluding carboxylic acids is 3. The molecule has 196 valence electrons. The van der Waals surface area contributed by atoms with Crippen LogP contribution in [-0.2, 0) is 19.1 Å². The van der Waals surface area contributed by atoms with Crippen LogP contribution in [0.3, 0.4) is 0 Å². The van der Waals surface area contributed by atoms with E-state index in [2.05, 4.69) is 6.58 Å². The summed E-state index contributed by atoms with van der Waals surface area (Å²) in [6, 6.07) is 5.33. The molecule has 0 aromatic heterocycles. The van der Waals surface area contributed by atoms with Gasteiger partial charge in [0.15, 0.2) is 0 Å². The minimum absolute atomic E-state index is 0.0264. The Morgan fingerprint density at radius 1 is 1.31 bits per heavy atom. The van der Waals surface area contributed by atoms with Crippen LogP contribution in [0.15, 0.2) is 30.9 Å². The van der Waals surface area contributed by atoms with E-state index in [1.165, 1.54) is 0 Å². The fourth-order valence-corrected chi connectivity index (χ4v) is 8.86. The minimum atomic E-state index is -0.695. The Morgan fingerprint density at radius 3 is 2.72 bits per heavy atom. The van der Waals surface area contributed by atoms with Gasteiger partial charge in [-0.1, -0.05) is 18.2 Å². The molecule has 5 atom stereocenters. The van der Waals surface area contributed by atoms with E-state index in [4.69, 9.17) is 4.74 Å². The zero-order valence-corrected chi connectivity index (χ0v) is 22.6. The zero-order valence-electron chi connectivity index (χ0n) is 21.8. The van der Waals surface area contributed by atoms with Gasteiger partial charge in [0, 0.05) is 30.1 Å². The monoisotopic (exact) mass is 514 g/mol. The van der Waals surface area contributed by atoms with Gasteiger partial charge in [-0.25, -0.2) is 0 Å². The quantitative estimate of drug-likeness (QED) is 0.291. The summed E-state index contributed by atoms with van der Waals surface area (Å²) >= 11 is 1.65. The van der Waals surface area contributed by atoms with Crippen molar-refractivity contribution >= 4 is 35.2 Å². The molecule has 4 rings (SSSR count). The van der Waals surface area contributed by atoms with Crippen molar-refractivity contribution in [2.45, 2.75) is 68.9 Å². The summed E-state index contributed by atoms with van der Waals surface area (Å²) in [7, 11) is 0. The first-order chi connectivity index (χ1) is 17.1. The van der Waals surface area contributed by atoms with Gasteiger partial charge in [0.1, 0.15) is 6.04 Å². The smallest absolute Gasteiger partial charge is 0.311 e. The number of carbonyl (C=O) groups is 3. The zero-order chi connectivity index (χ0) is 26.3. The van der Waals surface area contributed by atoms with Crippen LogP contribution in [-0.4, -0.2) is 69.6 Å². The number of fused-ring (bicyclic) bond motifs is 1. The number of hydrogen-bond acceptors (Lipinski definition) is 6. The van der Waals surface area contributed by atoms with E-state index in [1.54, 1.807) is 34.6 Å². The fourth-order valence-electron chi connectivity index (χ4n) is 6.52. The Morgan fingerprint density at radius 2 is 2.06 bits per heavy atom. The van der Waals surface area contributed by atoms with Crippen LogP contribution >= 0.6 is 11.8 Å². The standard InChI is InChI=1S/C28H38N2O5S/c1-6-14-29(20-17-18(3)10-11-19(20)4)25(33)23-28-13-12-27(5,36-28)22(26(34)35-7-2)21(28)24(32)30(23)15-8-9-16-31/h6,10-11,17,21-23,31H,1,7-9,12-16H2,2-5H3/t21-,22-,23?,27+,28?/m0/s1. The number of aryl methyl sites for hydroxylation is 2. The Hall–Kier alpha value is -2.32. The Balaban J connectivity index is 1.80. The third kappa shape index (κ3) is 4.16. The van der Waals surface area contributed by atoms with Crippen molar-refractivity contribution in [3.05, 3.63) is 42.0 Å². The van der Waals surface area contributed by atoms with E-state index in [1.807, 2.05) is 39.0 Å². The Kier molecular flexibility index (Phi) is 7.58. The van der Waals surface area contributed by atoms with Crippen molar-refractivity contribution in [3.8, 4) is 0 Å². The lowest BCUT2D eigenvalue weighted by Crippen LogP contribution is -2.55. The SMILES string of the molecule is C=CCN(C(=O)C1N(CCCCO)C(=O)[C@@H]2[C@@H](C(=O)OCC)[C@@]3(C)CCC12S3)c1cc(C)ccc1C. The van der Waals surface area contributed by atoms with Gasteiger partial charge in [-0.05, 0) is 70.6 Å². The van der Waals surface area contributed by atoms with Crippen LogP contribution in [0.5, 0.6) is 0 Å². The summed E-state index contributed by atoms with van der Waals surface area (Å²) in [4.78, 5) is 45.2. The molecule has 0 radical (unpaired) electrons. The first kappa shape index (κ1) is 26.7. The number of aliphatic hydroxyl groups excluding tert-OH is 1. The molecule has 2 unspecified atom stereocenters. The highest BCUT2D eigenvalue weighted by atomic mass is 32.2. The number of aliphatic hydroxyl groups is 1. The van der Waals surface area contributed by atoms with Crippen molar-refractivity contribution in [2.24, 2.45) is 11.8 Å². The molecule has 3 aliphatic heterocycles. The Labute approximate surface area is 218 Å². The van der Waals surface area contributed by atoms with Crippen molar-refractivity contribution in [2.75, 3.05) is 31.2 Å². The number of hydrogen-bond donors (Lipinski definition) is 1. The van der Waals surface area contributed by atoms with E-state index in [-0.39, 0.29) is 31.0 Å². The van der Waals surface area contributed by atoms with E-state index in [9.17, 15) is 19.5 Å². The molecule has 3 saturated heterocycles. The molecule has 2 bridgehead atoms. The molecule has 3 heterocycles. The topological polar surface area (TPSA) is 87.2 Å². The number of ether oxygens (including phenoxy) is 1. The van der Waals surface area contributed by atoms with Crippen LogP contribution in [0, 0.1) is 25.7 Å². The number of rotatable bonds is 10. The molecule has 36 heavy (non-hydrogen) atoms. The third-order valence-electron chi connectivity index (χ3n) is 8.09. The number of nitrogens with zero attached hydrogens (tertiary/aromatic N) is 2. The predicted molar refractivity (Wildman–Crippen MR) is 142 cm³/mol. The van der Waals surface area contributed by atoms with Crippen LogP contribution < -0.4 is 4.90 Å². The summed E-state index contributed by atoms with van der Waals surface area (Å²) in [6.07, 6.45) is 4.30. The lowest BCUT2D eigenvalue weighted by atomic mass is 9.66. The van der Waals surface area contributed by atoms with Crippen LogP contribution in [0.25, 0.3) is 0 Å². The average molecular weight is 515 g/mol. The van der Waals surface area contributed by atoms with Gasteiger partial charge in [-0.3, -0.25) is 14.4 Å². The molecule has 2 amide bonds. The highest BCUT2D eigenvalue weighted by Crippen LogP contribution is 2.71. The second kappa shape index (κ2) is 10.2. The molecule has 1 N–H and O–H groups in total. The number of anilines is 1. The van der Waals surface area contributed by atoms with Gasteiger partial charge in [-0.2, -0.15) is 0 Å². The molecule has 3 fully saturated rings. The molecule has 8 heteroatoms. The summed E-state index contributed by atoms with van der Waals surface area (Å²) in [5.41, 5.74) is 2.83. The van der Waals surface area contributed by atoms with Gasteiger partial charge in [0.25, 0.3) is 5.91 Å². The van der Waals surface area contributed by atoms with Crippen LogP contribution in [0.2, 0.25) is 0 Å². The van der Waals surface area contributed by atoms with Gasteiger partial charge in [0.05, 0.1) is 23.2 Å². The van der Waals surface area contributed by atoms with Crippen molar-refractivity contribution < 1.29 is 24.2 Å². The average Bonchev–Trinajstić information content (AvgIpc) is 3.40. The summed E-state index contributed by atoms with van der Waals surface area (Å²) < 4.78 is 4.32. The maximum Gasteiger partial charge on any atom is 0.311 e. The normalized spacial score (nSPS) is 30.4. The number of esters is 1. The largest absolute Gasteiger partial charge is 0.466 e. The first-order valence-electron chi connectivity index (χ1n) is 12.9. The summed E-state index contributed by atoms with van der Waals surface area (Å²) in [5, 5.41) is 9.36. The van der Waals surface area contributed by atoms with E-state index in [0.29, 0.717) is 32.4 Å². The lowest BCUT2D eigenvalue weighted by molar-refractivity contribution is -0.155. The number of unbranched alkanes of at least 4 members (excludes halogenated alkanes) is 1. The maximum atomic E-state index is 14.5. The van der Waals surface area contributed by atoms with E-state index in [0.717, 1.165) is 23.2 Å². The number of thioether (sulfide) groups is 1. The molecular formula is C28H38N2O5S. The molecule has 3 aliphatic rings. The molecule has 0 aliphatic carbocycles. The second-order valence-corrected chi connectivity index (χ2v) is 12.4. The Bertz CT molecular complexity index is 1060. The number of amides is 2. The molecule has 0 saturated carbocycles. The highest BCUT2D eigenvalue weighted by molar-refractivity contribution is 8.02. The van der Waals surface area contributed by atoms with Crippen LogP contribution in [0.4, 0.5) is 5.69 Å². The second-order valence-electron chi connectivity index (χ2n) is 10.5. The summed E-state index contributed by atoms with van der Waals surface area (Å²) in [5.74, 6) is -1.78. The predicted octanol–water partition coefficient (Wildman–Crippen LogP) is 3.64. The lowest BCUT2D eigenvalue weighted by Gasteiger charge is -2.37. The molecule has 7 nitrogen and oxygen atoms in total. The molecule has 1 aromatic carbocycles. The first-order valence-corrected chi connectivity index (χ1v) is 13.7. The number of likely N-dealkylation sites (tertiary alicyclic amines) is 1. The third-order valence-corrected chi connectivity index (χ3v) is 10.1. The fraction of sp³-hybridized carbons (Fsp3) is 0.607. The van der Waals surface area contributed by atoms with Gasteiger partial charge < -0.3 is 19.6 Å². The highest BCUT2D eigenvalue weighted by Gasteiger charge is 2.77. The van der Waals surface area contributed by atoms with Crippen molar-refractivity contribution in [1.29, 1.82) is 0 Å². The number of benzene rings is 1. The molecule has 1 aromatic rings.